The van der Waals surface area contributed by atoms with Gasteiger partial charge in [0.2, 0.25) is 0 Å². The van der Waals surface area contributed by atoms with E-state index in [1.54, 1.807) is 24.7 Å². The third-order valence-electron chi connectivity index (χ3n) is 5.46. The second kappa shape index (κ2) is 7.02. The number of carbonyl (C=O) groups is 1. The maximum Gasteiger partial charge on any atom is 0.335 e. The van der Waals surface area contributed by atoms with Gasteiger partial charge in [0, 0.05) is 11.5 Å². The van der Waals surface area contributed by atoms with Crippen LogP contribution in [0, 0.1) is 11.3 Å². The minimum Gasteiger partial charge on any atom is -0.478 e. The number of allylic oxidation sites excluding steroid dienone is 3. The highest BCUT2D eigenvalue weighted by Crippen LogP contribution is 2.50. The number of rotatable bonds is 2. The number of carboxylic acid groups (broad SMARTS) is 1. The van der Waals surface area contributed by atoms with Gasteiger partial charge >= 0.3 is 5.97 Å². The van der Waals surface area contributed by atoms with Gasteiger partial charge in [-0.1, -0.05) is 25.7 Å². The Labute approximate surface area is 147 Å². The number of aliphatic carboxylic acids is 1. The number of hydrogen-bond donors (Lipinski definition) is 2. The summed E-state index contributed by atoms with van der Waals surface area (Å²) >= 11 is 0. The highest BCUT2D eigenvalue weighted by molar-refractivity contribution is 5.91. The lowest BCUT2D eigenvalue weighted by atomic mass is 9.66. The predicted molar refractivity (Wildman–Crippen MR) is 92.6 cm³/mol. The highest BCUT2D eigenvalue weighted by atomic mass is 16.6. The molecule has 25 heavy (non-hydrogen) atoms. The van der Waals surface area contributed by atoms with Gasteiger partial charge in [0.25, 0.3) is 0 Å². The molecule has 4 atom stereocenters. The molecule has 3 rings (SSSR count). The molecule has 134 valence electrons. The molecule has 0 bridgehead atoms. The van der Waals surface area contributed by atoms with Gasteiger partial charge in [-0.15, -0.1) is 0 Å². The van der Waals surface area contributed by atoms with Gasteiger partial charge in [-0.05, 0) is 48.8 Å². The molecule has 1 aliphatic carbocycles. The van der Waals surface area contributed by atoms with E-state index < -0.39 is 12.3 Å². The molecular formula is C20H24O5. The van der Waals surface area contributed by atoms with Crippen molar-refractivity contribution < 1.29 is 24.2 Å². The smallest absolute Gasteiger partial charge is 0.335 e. The number of fused-ring (bicyclic) bond motifs is 1. The average Bonchev–Trinajstić information content (AvgIpc) is 3.07. The third-order valence-corrected chi connectivity index (χ3v) is 5.46. The first kappa shape index (κ1) is 17.7. The summed E-state index contributed by atoms with van der Waals surface area (Å²) in [4.78, 5) is 11.4. The Balaban J connectivity index is 1.88. The number of aliphatic hydroxyl groups is 1. The molecule has 2 aliphatic rings. The number of ether oxygens (including phenoxy) is 1. The summed E-state index contributed by atoms with van der Waals surface area (Å²) in [5, 5.41) is 20.0. The van der Waals surface area contributed by atoms with Gasteiger partial charge in [-0.2, -0.15) is 0 Å². The molecule has 1 aromatic heterocycles. The van der Waals surface area contributed by atoms with Crippen LogP contribution in [-0.2, 0) is 9.53 Å². The maximum absolute atomic E-state index is 11.4. The van der Waals surface area contributed by atoms with E-state index in [2.05, 4.69) is 13.5 Å². The van der Waals surface area contributed by atoms with Crippen molar-refractivity contribution in [2.45, 2.75) is 45.0 Å². The molecule has 0 spiro atoms. The zero-order chi connectivity index (χ0) is 18.0. The summed E-state index contributed by atoms with van der Waals surface area (Å²) in [7, 11) is 0. The first-order valence-corrected chi connectivity index (χ1v) is 8.54. The van der Waals surface area contributed by atoms with Gasteiger partial charge in [0.05, 0.1) is 24.2 Å². The number of aliphatic hydroxyl groups excluding tert-OH is 1. The molecule has 0 amide bonds. The monoisotopic (exact) mass is 344 g/mol. The molecule has 1 saturated heterocycles. The lowest BCUT2D eigenvalue weighted by Crippen LogP contribution is -2.44. The Morgan fingerprint density at radius 1 is 1.44 bits per heavy atom. The summed E-state index contributed by atoms with van der Waals surface area (Å²) in [5.41, 5.74) is 1.57. The lowest BCUT2D eigenvalue weighted by molar-refractivity contribution is -0.236. The van der Waals surface area contributed by atoms with Crippen LogP contribution >= 0.6 is 0 Å². The van der Waals surface area contributed by atoms with E-state index >= 15 is 0 Å². The maximum atomic E-state index is 11.4. The fourth-order valence-electron chi connectivity index (χ4n) is 3.92. The second-order valence-electron chi connectivity index (χ2n) is 7.20. The summed E-state index contributed by atoms with van der Waals surface area (Å²) in [6, 6.07) is 1.86. The third kappa shape index (κ3) is 3.62. The van der Waals surface area contributed by atoms with E-state index in [-0.39, 0.29) is 23.0 Å². The van der Waals surface area contributed by atoms with Crippen molar-refractivity contribution in [3.63, 3.8) is 0 Å². The van der Waals surface area contributed by atoms with Crippen molar-refractivity contribution in [3.05, 3.63) is 60.1 Å². The molecule has 1 aromatic rings. The Hall–Kier alpha value is -2.11. The number of carboxylic acids is 1. The quantitative estimate of drug-likeness (QED) is 0.848. The van der Waals surface area contributed by atoms with Crippen LogP contribution in [0.3, 0.4) is 0 Å². The van der Waals surface area contributed by atoms with Crippen molar-refractivity contribution in [2.24, 2.45) is 11.3 Å². The van der Waals surface area contributed by atoms with Gasteiger partial charge in [0.15, 0.2) is 6.29 Å². The first-order valence-electron chi connectivity index (χ1n) is 8.54. The molecule has 0 aromatic carbocycles. The van der Waals surface area contributed by atoms with Crippen molar-refractivity contribution in [1.29, 1.82) is 0 Å². The number of hydrogen-bond acceptors (Lipinski definition) is 4. The van der Waals surface area contributed by atoms with Crippen LogP contribution in [0.25, 0.3) is 0 Å². The van der Waals surface area contributed by atoms with E-state index in [9.17, 15) is 15.0 Å². The van der Waals surface area contributed by atoms with Crippen molar-refractivity contribution >= 4 is 5.97 Å². The Morgan fingerprint density at radius 2 is 2.24 bits per heavy atom. The Bertz CT molecular complexity index is 700. The molecule has 0 unspecified atom stereocenters. The van der Waals surface area contributed by atoms with Gasteiger partial charge < -0.3 is 19.4 Å². The van der Waals surface area contributed by atoms with Crippen molar-refractivity contribution in [2.75, 3.05) is 0 Å². The predicted octanol–water partition coefficient (Wildman–Crippen LogP) is 3.99. The van der Waals surface area contributed by atoms with E-state index in [1.807, 2.05) is 12.1 Å². The lowest BCUT2D eigenvalue weighted by Gasteiger charge is -2.47. The minimum absolute atomic E-state index is 0.0924. The van der Waals surface area contributed by atoms with Gasteiger partial charge in [-0.3, -0.25) is 0 Å². The van der Waals surface area contributed by atoms with E-state index in [0.29, 0.717) is 18.4 Å². The molecule has 5 nitrogen and oxygen atoms in total. The summed E-state index contributed by atoms with van der Waals surface area (Å²) in [6.45, 7) is 6.07. The topological polar surface area (TPSA) is 79.9 Å². The van der Waals surface area contributed by atoms with Crippen LogP contribution < -0.4 is 0 Å². The summed E-state index contributed by atoms with van der Waals surface area (Å²) < 4.78 is 11.0. The highest BCUT2D eigenvalue weighted by Gasteiger charge is 2.46. The molecule has 0 radical (unpaired) electrons. The van der Waals surface area contributed by atoms with E-state index in [4.69, 9.17) is 9.15 Å². The molecule has 5 heteroatoms. The Kier molecular flexibility index (Phi) is 4.97. The minimum atomic E-state index is -0.974. The summed E-state index contributed by atoms with van der Waals surface area (Å²) in [5.74, 6) is -1.07. The van der Waals surface area contributed by atoms with Crippen LogP contribution in [0.1, 0.15) is 44.3 Å². The van der Waals surface area contributed by atoms with Crippen LogP contribution in [0.15, 0.2) is 59.0 Å². The zero-order valence-corrected chi connectivity index (χ0v) is 14.4. The molecule has 2 heterocycles. The molecule has 1 aliphatic heterocycles. The number of furan rings is 1. The first-order chi connectivity index (χ1) is 11.9. The van der Waals surface area contributed by atoms with Crippen LogP contribution in [-0.4, -0.2) is 22.5 Å². The SMILES string of the molecule is C=C1CC[C@H]2[C@@H](O)O[C@H](c3ccoc3)C[C@]2(C)C/C=C\C=C1C(=O)O. The van der Waals surface area contributed by atoms with Crippen molar-refractivity contribution in [3.8, 4) is 0 Å². The zero-order valence-electron chi connectivity index (χ0n) is 14.4. The van der Waals surface area contributed by atoms with Crippen LogP contribution in [0.2, 0.25) is 0 Å². The average molecular weight is 344 g/mol. The van der Waals surface area contributed by atoms with E-state index in [0.717, 1.165) is 18.4 Å². The van der Waals surface area contributed by atoms with Gasteiger partial charge in [-0.25, -0.2) is 4.79 Å². The molecule has 2 N–H and O–H groups in total. The van der Waals surface area contributed by atoms with Crippen LogP contribution in [0.4, 0.5) is 0 Å². The normalized spacial score (nSPS) is 34.7. The van der Waals surface area contributed by atoms with E-state index in [1.165, 1.54) is 0 Å². The fourth-order valence-corrected chi connectivity index (χ4v) is 3.92. The molecule has 0 saturated carbocycles. The van der Waals surface area contributed by atoms with Crippen molar-refractivity contribution in [1.82, 2.24) is 0 Å². The molecule has 1 fully saturated rings. The van der Waals surface area contributed by atoms with Crippen LogP contribution in [0.5, 0.6) is 0 Å². The summed E-state index contributed by atoms with van der Waals surface area (Å²) in [6.07, 6.45) is 10.2. The largest absolute Gasteiger partial charge is 0.478 e. The second-order valence-corrected chi connectivity index (χ2v) is 7.20. The fraction of sp³-hybridized carbons (Fsp3) is 0.450. The Morgan fingerprint density at radius 3 is 2.92 bits per heavy atom. The standard InChI is InChI=1S/C20H24O5/c1-13-6-7-16-19(23)25-17(14-8-10-24-12-14)11-20(16,2)9-4-3-5-15(13)18(21)22/h3-5,8,10,12,16-17,19,23H,1,6-7,9,11H2,2H3,(H,21,22)/b4-3-,15-5?/t16-,17-,19-,20-/m0/s1. The molecular weight excluding hydrogens is 320 g/mol. The van der Waals surface area contributed by atoms with Gasteiger partial charge in [0.1, 0.15) is 0 Å².